The Morgan fingerprint density at radius 3 is 2.42 bits per heavy atom. The van der Waals surface area contributed by atoms with E-state index < -0.39 is 30.2 Å². The van der Waals surface area contributed by atoms with Crippen molar-refractivity contribution in [1.29, 1.82) is 0 Å². The molecule has 0 spiro atoms. The average molecular weight is 526 g/mol. The molecule has 4 rings (SSSR count). The van der Waals surface area contributed by atoms with Crippen LogP contribution in [0.15, 0.2) is 24.4 Å². The number of ketones is 1. The third-order valence-electron chi connectivity index (χ3n) is 8.28. The Kier molecular flexibility index (Phi) is 8.43. The monoisotopic (exact) mass is 525 g/mol. The predicted octanol–water partition coefficient (Wildman–Crippen LogP) is 4.31. The number of aromatic nitrogens is 1. The van der Waals surface area contributed by atoms with E-state index in [0.29, 0.717) is 29.5 Å². The lowest BCUT2D eigenvalue weighted by molar-refractivity contribution is -0.149. The fourth-order valence-corrected chi connectivity index (χ4v) is 5.99. The summed E-state index contributed by atoms with van der Waals surface area (Å²) in [5, 5.41) is 13.4. The summed E-state index contributed by atoms with van der Waals surface area (Å²) in [5.74, 6) is -3.06. The minimum absolute atomic E-state index is 0.000129. The van der Waals surface area contributed by atoms with Crippen molar-refractivity contribution in [2.45, 2.75) is 83.7 Å². The Morgan fingerprint density at radius 2 is 1.79 bits per heavy atom. The molecule has 9 nitrogen and oxygen atoms in total. The third kappa shape index (κ3) is 6.19. The maximum Gasteiger partial charge on any atom is 0.323 e. The van der Waals surface area contributed by atoms with Crippen LogP contribution < -0.4 is 10.1 Å². The Morgan fingerprint density at radius 1 is 1.11 bits per heavy atom. The molecule has 206 valence electrons. The van der Waals surface area contributed by atoms with Crippen molar-refractivity contribution in [2.75, 3.05) is 13.7 Å². The number of hydrogen-bond acceptors (Lipinski definition) is 5. The number of aromatic amines is 1. The van der Waals surface area contributed by atoms with Gasteiger partial charge in [0.2, 0.25) is 5.91 Å². The first kappa shape index (κ1) is 27.7. The van der Waals surface area contributed by atoms with Gasteiger partial charge in [-0.15, -0.1) is 0 Å². The lowest BCUT2D eigenvalue weighted by atomic mass is 9.70. The van der Waals surface area contributed by atoms with Gasteiger partial charge in [0.25, 0.3) is 11.7 Å². The van der Waals surface area contributed by atoms with Gasteiger partial charge in [-0.3, -0.25) is 19.2 Å². The average Bonchev–Trinajstić information content (AvgIpc) is 3.32. The number of nitrogens with zero attached hydrogens (tertiary/aromatic N) is 1. The minimum Gasteiger partial charge on any atom is -0.497 e. The summed E-state index contributed by atoms with van der Waals surface area (Å²) in [6.45, 7) is 3.63. The van der Waals surface area contributed by atoms with E-state index in [1.807, 2.05) is 0 Å². The molecule has 0 saturated heterocycles. The molecule has 1 aromatic heterocycles. The number of carbonyl (C=O) groups is 4. The predicted molar refractivity (Wildman–Crippen MR) is 143 cm³/mol. The fourth-order valence-electron chi connectivity index (χ4n) is 5.99. The maximum atomic E-state index is 13.8. The molecular weight excluding hydrogens is 486 g/mol. The van der Waals surface area contributed by atoms with Crippen molar-refractivity contribution < 1.29 is 29.0 Å². The first-order valence-corrected chi connectivity index (χ1v) is 13.6. The summed E-state index contributed by atoms with van der Waals surface area (Å²) in [4.78, 5) is 57.0. The number of rotatable bonds is 9. The van der Waals surface area contributed by atoms with Gasteiger partial charge < -0.3 is 25.0 Å². The zero-order chi connectivity index (χ0) is 27.4. The van der Waals surface area contributed by atoms with Crippen molar-refractivity contribution in [3.63, 3.8) is 0 Å². The minimum atomic E-state index is -1.26. The number of nitrogens with one attached hydrogen (secondary N) is 2. The number of aliphatic carboxylic acids is 1. The number of fused-ring (bicyclic) bond motifs is 1. The van der Waals surface area contributed by atoms with Gasteiger partial charge in [0.05, 0.1) is 12.7 Å². The van der Waals surface area contributed by atoms with Gasteiger partial charge in [0, 0.05) is 29.2 Å². The number of ether oxygens (including phenoxy) is 1. The fraction of sp³-hybridized carbons (Fsp3) is 0.586. The molecule has 2 fully saturated rings. The Labute approximate surface area is 223 Å². The van der Waals surface area contributed by atoms with E-state index in [4.69, 9.17) is 4.74 Å². The highest BCUT2D eigenvalue weighted by Gasteiger charge is 2.43. The number of carboxylic acids is 1. The molecule has 9 heteroatoms. The summed E-state index contributed by atoms with van der Waals surface area (Å²) in [6, 6.07) is 4.07. The normalized spacial score (nSPS) is 19.0. The zero-order valence-corrected chi connectivity index (χ0v) is 22.5. The maximum absolute atomic E-state index is 13.8. The van der Waals surface area contributed by atoms with Crippen LogP contribution in [0.5, 0.6) is 5.75 Å². The molecule has 0 aliphatic heterocycles. The molecule has 38 heavy (non-hydrogen) atoms. The molecule has 2 aliphatic carbocycles. The molecule has 2 aliphatic rings. The number of amides is 2. The van der Waals surface area contributed by atoms with E-state index in [-0.39, 0.29) is 28.8 Å². The smallest absolute Gasteiger partial charge is 0.323 e. The second-order valence-electron chi connectivity index (χ2n) is 11.6. The molecule has 1 unspecified atom stereocenters. The second kappa shape index (κ2) is 11.6. The number of carboxylic acid groups (broad SMARTS) is 1. The van der Waals surface area contributed by atoms with E-state index in [1.54, 1.807) is 18.2 Å². The molecule has 1 atom stereocenters. The van der Waals surface area contributed by atoms with Crippen LogP contribution in [0.1, 0.15) is 82.0 Å². The van der Waals surface area contributed by atoms with Crippen LogP contribution in [0, 0.1) is 11.3 Å². The number of Topliss-reactive ketones (excluding diaryl/α,β-unsaturated/α-hetero) is 1. The van der Waals surface area contributed by atoms with Crippen LogP contribution >= 0.6 is 0 Å². The number of methoxy groups -OCH3 is 1. The third-order valence-corrected chi connectivity index (χ3v) is 8.28. The van der Waals surface area contributed by atoms with Gasteiger partial charge in [0.15, 0.2) is 0 Å². The van der Waals surface area contributed by atoms with E-state index in [0.717, 1.165) is 49.8 Å². The van der Waals surface area contributed by atoms with Crippen LogP contribution in [0.3, 0.4) is 0 Å². The number of H-pyrrole nitrogens is 1. The van der Waals surface area contributed by atoms with Crippen LogP contribution in [-0.4, -0.2) is 64.3 Å². The van der Waals surface area contributed by atoms with Crippen molar-refractivity contribution >= 4 is 34.5 Å². The summed E-state index contributed by atoms with van der Waals surface area (Å²) in [6.07, 6.45) is 9.42. The molecule has 2 amide bonds. The molecule has 1 heterocycles. The van der Waals surface area contributed by atoms with Gasteiger partial charge in [0.1, 0.15) is 18.3 Å². The van der Waals surface area contributed by atoms with Crippen LogP contribution in [-0.2, 0) is 14.4 Å². The van der Waals surface area contributed by atoms with Crippen molar-refractivity contribution in [3.8, 4) is 5.75 Å². The number of hydrogen-bond donors (Lipinski definition) is 3. The second-order valence-corrected chi connectivity index (χ2v) is 11.6. The zero-order valence-electron chi connectivity index (χ0n) is 22.5. The van der Waals surface area contributed by atoms with E-state index >= 15 is 0 Å². The van der Waals surface area contributed by atoms with Gasteiger partial charge in [-0.2, -0.15) is 0 Å². The summed E-state index contributed by atoms with van der Waals surface area (Å²) in [7, 11) is 1.54. The summed E-state index contributed by atoms with van der Waals surface area (Å²) in [5.41, 5.74) is 0.870. The molecule has 1 aromatic carbocycles. The van der Waals surface area contributed by atoms with Crippen LogP contribution in [0.25, 0.3) is 10.9 Å². The lowest BCUT2D eigenvalue weighted by Crippen LogP contribution is -2.58. The number of benzene rings is 1. The number of carbonyl (C=O) groups excluding carboxylic acids is 3. The molecule has 2 saturated carbocycles. The molecule has 0 radical (unpaired) electrons. The Hall–Kier alpha value is -3.36. The largest absolute Gasteiger partial charge is 0.497 e. The van der Waals surface area contributed by atoms with Gasteiger partial charge in [-0.05, 0) is 62.0 Å². The highest BCUT2D eigenvalue weighted by atomic mass is 16.5. The molecule has 3 N–H and O–H groups in total. The highest BCUT2D eigenvalue weighted by Crippen LogP contribution is 2.40. The van der Waals surface area contributed by atoms with Crippen LogP contribution in [0.4, 0.5) is 0 Å². The first-order chi connectivity index (χ1) is 18.1. The SMILES string of the molecule is COc1ccc2c(C(=O)C(=O)N(CC(=O)O)C(C(=O)NC3CCCCC3)C3CCC(C)(C)CC3)c[nH]c2c1. The summed E-state index contributed by atoms with van der Waals surface area (Å²) < 4.78 is 5.23. The van der Waals surface area contributed by atoms with Crippen molar-refractivity contribution in [1.82, 2.24) is 15.2 Å². The highest BCUT2D eigenvalue weighted by molar-refractivity contribution is 6.45. The standard InChI is InChI=1S/C29H39N3O6/c1-29(2)13-11-18(12-14-29)25(27(36)31-19-7-5-4-6-8-19)32(17-24(33)34)28(37)26(35)22-16-30-23-15-20(38-3)9-10-21(22)23/h9-10,15-16,18-19,25,30H,4-8,11-14,17H2,1-3H3,(H,31,36)(H,33,34). The Balaban J connectivity index is 1.66. The first-order valence-electron chi connectivity index (χ1n) is 13.6. The molecular formula is C29H39N3O6. The van der Waals surface area contributed by atoms with Gasteiger partial charge in [-0.1, -0.05) is 33.1 Å². The Bertz CT molecular complexity index is 1190. The molecule has 2 aromatic rings. The van der Waals surface area contributed by atoms with Gasteiger partial charge >= 0.3 is 5.97 Å². The topological polar surface area (TPSA) is 129 Å². The van der Waals surface area contributed by atoms with E-state index in [1.165, 1.54) is 13.3 Å². The lowest BCUT2D eigenvalue weighted by Gasteiger charge is -2.41. The van der Waals surface area contributed by atoms with E-state index in [2.05, 4.69) is 24.1 Å². The molecule has 0 bridgehead atoms. The van der Waals surface area contributed by atoms with Crippen molar-refractivity contribution in [2.24, 2.45) is 11.3 Å². The quantitative estimate of drug-likeness (QED) is 0.331. The van der Waals surface area contributed by atoms with Crippen molar-refractivity contribution in [3.05, 3.63) is 30.0 Å². The van der Waals surface area contributed by atoms with E-state index in [9.17, 15) is 24.3 Å². The van der Waals surface area contributed by atoms with Crippen LogP contribution in [0.2, 0.25) is 0 Å². The summed E-state index contributed by atoms with van der Waals surface area (Å²) >= 11 is 0. The van der Waals surface area contributed by atoms with Gasteiger partial charge in [-0.25, -0.2) is 0 Å².